The Morgan fingerprint density at radius 3 is 2.35 bits per heavy atom. The first-order chi connectivity index (χ1) is 12.5. The Morgan fingerprint density at radius 2 is 1.62 bits per heavy atom. The highest BCUT2D eigenvalue weighted by Crippen LogP contribution is 2.39. The van der Waals surface area contributed by atoms with E-state index in [1.54, 1.807) is 6.07 Å². The fourth-order valence-electron chi connectivity index (χ4n) is 3.77. The summed E-state index contributed by atoms with van der Waals surface area (Å²) >= 11 is 0. The molecule has 4 rings (SSSR count). The topological polar surface area (TPSA) is 63.7 Å². The van der Waals surface area contributed by atoms with Gasteiger partial charge in [0, 0.05) is 25.9 Å². The van der Waals surface area contributed by atoms with Gasteiger partial charge in [0.2, 0.25) is 10.0 Å². The van der Waals surface area contributed by atoms with Crippen LogP contribution in [-0.4, -0.2) is 37.2 Å². The highest BCUT2D eigenvalue weighted by Gasteiger charge is 2.44. The molecule has 2 aliphatic heterocycles. The molecule has 1 spiro atoms. The van der Waals surface area contributed by atoms with E-state index in [4.69, 9.17) is 4.74 Å². The van der Waals surface area contributed by atoms with Crippen molar-refractivity contribution in [1.29, 1.82) is 0 Å². The molecule has 0 saturated carbocycles. The van der Waals surface area contributed by atoms with Crippen molar-refractivity contribution in [2.24, 2.45) is 0 Å². The molecule has 2 heterocycles. The molecule has 0 bridgehead atoms. The summed E-state index contributed by atoms with van der Waals surface area (Å²) in [5.74, 6) is 0.695. The van der Waals surface area contributed by atoms with Crippen LogP contribution in [0.25, 0.3) is 0 Å². The van der Waals surface area contributed by atoms with Crippen molar-refractivity contribution >= 4 is 15.8 Å². The molecule has 2 aromatic carbocycles. The van der Waals surface area contributed by atoms with Gasteiger partial charge in [-0.15, -0.1) is 0 Å². The van der Waals surface area contributed by atoms with Crippen molar-refractivity contribution in [2.45, 2.75) is 30.6 Å². The molecular weight excluding hydrogens is 350 g/mol. The number of hydrogen-bond donors (Lipinski definition) is 0. The second kappa shape index (κ2) is 6.52. The normalized spacial score (nSPS) is 19.8. The van der Waals surface area contributed by atoms with Gasteiger partial charge in [0.1, 0.15) is 11.4 Å². The fourth-order valence-corrected chi connectivity index (χ4v) is 5.31. The number of fused-ring (bicyclic) bond motifs is 1. The molecule has 5 nitrogen and oxygen atoms in total. The Labute approximate surface area is 153 Å². The van der Waals surface area contributed by atoms with Gasteiger partial charge in [-0.2, -0.15) is 0 Å². The first-order valence-corrected chi connectivity index (χ1v) is 10.4. The predicted octanol–water partition coefficient (Wildman–Crippen LogP) is 3.02. The lowest BCUT2D eigenvalue weighted by molar-refractivity contribution is 0.00590. The number of rotatable bonds is 3. The Hall–Kier alpha value is -2.18. The number of ether oxygens (including phenoxy) is 1. The molecule has 0 aliphatic carbocycles. The predicted molar refractivity (Wildman–Crippen MR) is 98.6 cm³/mol. The maximum absolute atomic E-state index is 12.7. The smallest absolute Gasteiger partial charge is 0.218 e. The van der Waals surface area contributed by atoms with Gasteiger partial charge in [0.25, 0.3) is 0 Å². The van der Waals surface area contributed by atoms with Crippen LogP contribution < -0.4 is 4.74 Å². The summed E-state index contributed by atoms with van der Waals surface area (Å²) in [5, 5.41) is 0. The number of carbonyl (C=O) groups is 1. The molecule has 136 valence electrons. The summed E-state index contributed by atoms with van der Waals surface area (Å²) in [4.78, 5) is 12.5. The summed E-state index contributed by atoms with van der Waals surface area (Å²) in [6.07, 6.45) is 1.37. The molecule has 0 unspecified atom stereocenters. The van der Waals surface area contributed by atoms with Crippen molar-refractivity contribution < 1.29 is 17.9 Å². The van der Waals surface area contributed by atoms with E-state index in [2.05, 4.69) is 0 Å². The fraction of sp³-hybridized carbons (Fsp3) is 0.350. The third-order valence-electron chi connectivity index (χ3n) is 5.22. The number of piperidine rings is 1. The quantitative estimate of drug-likeness (QED) is 0.832. The number of ketones is 1. The largest absolute Gasteiger partial charge is 0.486 e. The molecule has 2 aromatic rings. The number of benzene rings is 2. The molecule has 0 radical (unpaired) electrons. The summed E-state index contributed by atoms with van der Waals surface area (Å²) in [7, 11) is -3.37. The van der Waals surface area contributed by atoms with Crippen LogP contribution >= 0.6 is 0 Å². The maximum atomic E-state index is 12.7. The minimum Gasteiger partial charge on any atom is -0.486 e. The van der Waals surface area contributed by atoms with Crippen LogP contribution in [0, 0.1) is 0 Å². The molecule has 26 heavy (non-hydrogen) atoms. The highest BCUT2D eigenvalue weighted by atomic mass is 32.2. The van der Waals surface area contributed by atoms with Crippen LogP contribution in [0.2, 0.25) is 0 Å². The third kappa shape index (κ3) is 3.27. The average molecular weight is 371 g/mol. The van der Waals surface area contributed by atoms with Crippen molar-refractivity contribution in [1.82, 2.24) is 4.31 Å². The van der Waals surface area contributed by atoms with E-state index >= 15 is 0 Å². The lowest BCUT2D eigenvalue weighted by Crippen LogP contribution is -2.52. The van der Waals surface area contributed by atoms with Gasteiger partial charge in [-0.3, -0.25) is 4.79 Å². The van der Waals surface area contributed by atoms with Gasteiger partial charge in [-0.1, -0.05) is 42.5 Å². The van der Waals surface area contributed by atoms with Crippen LogP contribution in [0.5, 0.6) is 5.75 Å². The maximum Gasteiger partial charge on any atom is 0.218 e. The summed E-state index contributed by atoms with van der Waals surface area (Å²) in [5.41, 5.74) is 0.826. The number of nitrogens with zero attached hydrogens (tertiary/aromatic N) is 1. The Balaban J connectivity index is 1.47. The summed E-state index contributed by atoms with van der Waals surface area (Å²) < 4.78 is 33.1. The molecule has 1 fully saturated rings. The van der Waals surface area contributed by atoms with Gasteiger partial charge < -0.3 is 4.74 Å². The van der Waals surface area contributed by atoms with Crippen molar-refractivity contribution in [3.05, 3.63) is 65.7 Å². The van der Waals surface area contributed by atoms with E-state index in [9.17, 15) is 13.2 Å². The van der Waals surface area contributed by atoms with E-state index in [0.29, 0.717) is 43.7 Å². The van der Waals surface area contributed by atoms with Crippen LogP contribution in [-0.2, 0) is 15.8 Å². The number of carbonyl (C=O) groups excluding carboxylic acids is 1. The molecular formula is C20H21NO4S. The first-order valence-electron chi connectivity index (χ1n) is 8.81. The monoisotopic (exact) mass is 371 g/mol. The van der Waals surface area contributed by atoms with Gasteiger partial charge in [0.05, 0.1) is 17.7 Å². The Morgan fingerprint density at radius 1 is 0.962 bits per heavy atom. The van der Waals surface area contributed by atoms with Crippen LogP contribution in [0.15, 0.2) is 54.6 Å². The number of hydrogen-bond acceptors (Lipinski definition) is 4. The second-order valence-electron chi connectivity index (χ2n) is 7.02. The molecule has 0 N–H and O–H groups in total. The molecule has 1 saturated heterocycles. The zero-order valence-electron chi connectivity index (χ0n) is 14.4. The van der Waals surface area contributed by atoms with Crippen LogP contribution in [0.3, 0.4) is 0 Å². The van der Waals surface area contributed by atoms with E-state index < -0.39 is 15.6 Å². The van der Waals surface area contributed by atoms with Crippen molar-refractivity contribution in [3.8, 4) is 5.75 Å². The van der Waals surface area contributed by atoms with Crippen LogP contribution in [0.4, 0.5) is 0 Å². The molecule has 2 aliphatic rings. The standard InChI is InChI=1S/C20H21NO4S/c22-18-14-20(25-19-9-5-4-8-17(18)19)10-12-21(13-11-20)26(23,24)15-16-6-2-1-3-7-16/h1-9H,10-15H2. The molecule has 0 aromatic heterocycles. The molecule has 0 atom stereocenters. The van der Waals surface area contributed by atoms with Crippen LogP contribution in [0.1, 0.15) is 35.2 Å². The van der Waals surface area contributed by atoms with Crippen molar-refractivity contribution in [3.63, 3.8) is 0 Å². The van der Waals surface area contributed by atoms with E-state index in [0.717, 1.165) is 5.56 Å². The zero-order valence-corrected chi connectivity index (χ0v) is 15.2. The van der Waals surface area contributed by atoms with Gasteiger partial charge in [-0.25, -0.2) is 12.7 Å². The summed E-state index contributed by atoms with van der Waals surface area (Å²) in [6, 6.07) is 16.5. The lowest BCUT2D eigenvalue weighted by atomic mass is 9.83. The minimum atomic E-state index is -3.37. The Kier molecular flexibility index (Phi) is 4.32. The van der Waals surface area contributed by atoms with E-state index in [1.807, 2.05) is 48.5 Å². The minimum absolute atomic E-state index is 0.00343. The Bertz CT molecular complexity index is 916. The highest BCUT2D eigenvalue weighted by molar-refractivity contribution is 7.88. The molecule has 0 amide bonds. The SMILES string of the molecule is O=C1CC2(CCN(S(=O)(=O)Cc3ccccc3)CC2)Oc2ccccc21. The van der Waals surface area contributed by atoms with E-state index in [1.165, 1.54) is 4.31 Å². The lowest BCUT2D eigenvalue weighted by Gasteiger charge is -2.43. The number of sulfonamides is 1. The van der Waals surface area contributed by atoms with Crippen molar-refractivity contribution in [2.75, 3.05) is 13.1 Å². The first kappa shape index (κ1) is 17.2. The van der Waals surface area contributed by atoms with Gasteiger partial charge in [-0.05, 0) is 17.7 Å². The average Bonchev–Trinajstić information content (AvgIpc) is 2.62. The number of Topliss-reactive ketones (excluding diaryl/α,β-unsaturated/α-hetero) is 1. The van der Waals surface area contributed by atoms with Gasteiger partial charge >= 0.3 is 0 Å². The molecule has 6 heteroatoms. The third-order valence-corrected chi connectivity index (χ3v) is 7.07. The second-order valence-corrected chi connectivity index (χ2v) is 8.99. The zero-order chi connectivity index (χ0) is 18.2. The number of para-hydroxylation sites is 1. The summed E-state index contributed by atoms with van der Waals surface area (Å²) in [6.45, 7) is 0.759. The van der Waals surface area contributed by atoms with Gasteiger partial charge in [0.15, 0.2) is 5.78 Å². The van der Waals surface area contributed by atoms with E-state index in [-0.39, 0.29) is 11.5 Å².